The molecule has 1 atom stereocenters. The van der Waals surface area contributed by atoms with Gasteiger partial charge in [-0.1, -0.05) is 51.3 Å². The van der Waals surface area contributed by atoms with E-state index in [1.165, 1.54) is 36.8 Å². The average molecular weight is 305 g/mol. The lowest BCUT2D eigenvalue weighted by molar-refractivity contribution is 0.102. The van der Waals surface area contributed by atoms with E-state index in [1.54, 1.807) is 0 Å². The molecule has 1 aliphatic rings. The summed E-state index contributed by atoms with van der Waals surface area (Å²) in [5, 5.41) is 13.6. The molecule has 2 N–H and O–H groups in total. The quantitative estimate of drug-likeness (QED) is 0.844. The van der Waals surface area contributed by atoms with Gasteiger partial charge in [-0.05, 0) is 36.8 Å². The fraction of sp³-hybridized carbons (Fsp3) is 0.684. The molecule has 0 spiro atoms. The SMILES string of the molecule is Cc1ccc(OC[C@H](O)CNC2CCCC2)c(C(C)(C)C)c1. The molecule has 0 bridgehead atoms. The van der Waals surface area contributed by atoms with Crippen LogP contribution >= 0.6 is 0 Å². The van der Waals surface area contributed by atoms with Gasteiger partial charge in [0, 0.05) is 12.6 Å². The Morgan fingerprint density at radius 2 is 1.95 bits per heavy atom. The van der Waals surface area contributed by atoms with Gasteiger partial charge in [-0.2, -0.15) is 0 Å². The zero-order valence-corrected chi connectivity index (χ0v) is 14.5. The van der Waals surface area contributed by atoms with Gasteiger partial charge in [0.1, 0.15) is 18.5 Å². The smallest absolute Gasteiger partial charge is 0.123 e. The highest BCUT2D eigenvalue weighted by Crippen LogP contribution is 2.32. The normalized spacial score (nSPS) is 17.7. The molecule has 0 unspecified atom stereocenters. The van der Waals surface area contributed by atoms with Crippen LogP contribution < -0.4 is 10.1 Å². The number of aryl methyl sites for hydroxylation is 1. The van der Waals surface area contributed by atoms with Crippen molar-refractivity contribution in [3.8, 4) is 5.75 Å². The Kier molecular flexibility index (Phi) is 5.87. The molecule has 1 fully saturated rings. The number of hydrogen-bond donors (Lipinski definition) is 2. The van der Waals surface area contributed by atoms with E-state index in [1.807, 2.05) is 6.07 Å². The van der Waals surface area contributed by atoms with E-state index in [0.29, 0.717) is 19.2 Å². The maximum absolute atomic E-state index is 10.1. The van der Waals surface area contributed by atoms with Gasteiger partial charge < -0.3 is 15.2 Å². The Labute approximate surface area is 135 Å². The average Bonchev–Trinajstić information content (AvgIpc) is 2.96. The van der Waals surface area contributed by atoms with Gasteiger partial charge >= 0.3 is 0 Å². The summed E-state index contributed by atoms with van der Waals surface area (Å²) < 4.78 is 5.91. The highest BCUT2D eigenvalue weighted by atomic mass is 16.5. The van der Waals surface area contributed by atoms with E-state index < -0.39 is 6.10 Å². The molecular formula is C19H31NO2. The largest absolute Gasteiger partial charge is 0.491 e. The first-order chi connectivity index (χ1) is 10.4. The highest BCUT2D eigenvalue weighted by molar-refractivity contribution is 5.41. The lowest BCUT2D eigenvalue weighted by atomic mass is 9.85. The molecule has 1 aromatic rings. The topological polar surface area (TPSA) is 41.5 Å². The predicted molar refractivity (Wildman–Crippen MR) is 91.6 cm³/mol. The molecule has 3 nitrogen and oxygen atoms in total. The van der Waals surface area contributed by atoms with Gasteiger partial charge in [-0.15, -0.1) is 0 Å². The summed E-state index contributed by atoms with van der Waals surface area (Å²) in [7, 11) is 0. The van der Waals surface area contributed by atoms with Crippen LogP contribution in [0.25, 0.3) is 0 Å². The minimum absolute atomic E-state index is 0.0361. The third kappa shape index (κ3) is 4.99. The van der Waals surface area contributed by atoms with Crippen molar-refractivity contribution in [3.63, 3.8) is 0 Å². The fourth-order valence-electron chi connectivity index (χ4n) is 3.03. The van der Waals surface area contributed by atoms with Gasteiger partial charge in [-0.25, -0.2) is 0 Å². The second kappa shape index (κ2) is 7.47. The van der Waals surface area contributed by atoms with Gasteiger partial charge in [0.25, 0.3) is 0 Å². The molecular weight excluding hydrogens is 274 g/mol. The first-order valence-electron chi connectivity index (χ1n) is 8.51. The zero-order valence-electron chi connectivity index (χ0n) is 14.5. The standard InChI is InChI=1S/C19H31NO2/c1-14-9-10-18(17(11-14)19(2,3)4)22-13-16(21)12-20-15-7-5-6-8-15/h9-11,15-16,20-21H,5-8,12-13H2,1-4H3/t16-/m1/s1. The lowest BCUT2D eigenvalue weighted by Crippen LogP contribution is -2.36. The molecule has 0 amide bonds. The van der Waals surface area contributed by atoms with Crippen molar-refractivity contribution in [2.45, 2.75) is 70.9 Å². The minimum Gasteiger partial charge on any atom is -0.491 e. The van der Waals surface area contributed by atoms with E-state index in [-0.39, 0.29) is 5.41 Å². The molecule has 124 valence electrons. The minimum atomic E-state index is -0.463. The van der Waals surface area contributed by atoms with Crippen LogP contribution in [0.3, 0.4) is 0 Å². The maximum Gasteiger partial charge on any atom is 0.123 e. The number of aliphatic hydroxyl groups is 1. The molecule has 0 saturated heterocycles. The van der Waals surface area contributed by atoms with Crippen LogP contribution in [0.4, 0.5) is 0 Å². The first-order valence-corrected chi connectivity index (χ1v) is 8.51. The van der Waals surface area contributed by atoms with E-state index in [9.17, 15) is 5.11 Å². The number of hydrogen-bond acceptors (Lipinski definition) is 3. The van der Waals surface area contributed by atoms with Crippen molar-refractivity contribution < 1.29 is 9.84 Å². The monoisotopic (exact) mass is 305 g/mol. The molecule has 1 aromatic carbocycles. The molecule has 1 saturated carbocycles. The number of rotatable bonds is 6. The Balaban J connectivity index is 1.87. The predicted octanol–water partition coefficient (Wildman–Crippen LogP) is 3.56. The summed E-state index contributed by atoms with van der Waals surface area (Å²) in [4.78, 5) is 0. The highest BCUT2D eigenvalue weighted by Gasteiger charge is 2.20. The third-order valence-electron chi connectivity index (χ3n) is 4.37. The summed E-state index contributed by atoms with van der Waals surface area (Å²) in [6.07, 6.45) is 4.62. The van der Waals surface area contributed by atoms with Crippen molar-refractivity contribution in [1.82, 2.24) is 5.32 Å². The third-order valence-corrected chi connectivity index (χ3v) is 4.37. The maximum atomic E-state index is 10.1. The van der Waals surface area contributed by atoms with Gasteiger partial charge in [-0.3, -0.25) is 0 Å². The molecule has 0 aliphatic heterocycles. The van der Waals surface area contributed by atoms with E-state index in [0.717, 1.165) is 5.75 Å². The van der Waals surface area contributed by atoms with Crippen LogP contribution in [-0.4, -0.2) is 30.4 Å². The van der Waals surface area contributed by atoms with Gasteiger partial charge in [0.05, 0.1) is 0 Å². The van der Waals surface area contributed by atoms with Crippen LogP contribution in [0.15, 0.2) is 18.2 Å². The van der Waals surface area contributed by atoms with Crippen LogP contribution in [0.2, 0.25) is 0 Å². The lowest BCUT2D eigenvalue weighted by Gasteiger charge is -2.24. The Morgan fingerprint density at radius 3 is 2.59 bits per heavy atom. The van der Waals surface area contributed by atoms with Crippen LogP contribution in [0.1, 0.15) is 57.6 Å². The molecule has 22 heavy (non-hydrogen) atoms. The van der Waals surface area contributed by atoms with Crippen molar-refractivity contribution in [3.05, 3.63) is 29.3 Å². The molecule has 2 rings (SSSR count). The summed E-state index contributed by atoms with van der Waals surface area (Å²) in [6, 6.07) is 6.85. The van der Waals surface area contributed by atoms with Crippen LogP contribution in [-0.2, 0) is 5.41 Å². The molecule has 1 aliphatic carbocycles. The molecule has 0 heterocycles. The summed E-state index contributed by atoms with van der Waals surface area (Å²) in [5.41, 5.74) is 2.47. The van der Waals surface area contributed by atoms with Crippen molar-refractivity contribution in [1.29, 1.82) is 0 Å². The first kappa shape index (κ1) is 17.3. The summed E-state index contributed by atoms with van der Waals surface area (Å²) >= 11 is 0. The second-order valence-electron chi connectivity index (χ2n) is 7.60. The van der Waals surface area contributed by atoms with E-state index in [4.69, 9.17) is 4.74 Å². The summed E-state index contributed by atoms with van der Waals surface area (Å²) in [6.45, 7) is 9.61. The van der Waals surface area contributed by atoms with Crippen LogP contribution in [0.5, 0.6) is 5.75 Å². The van der Waals surface area contributed by atoms with Gasteiger partial charge in [0.15, 0.2) is 0 Å². The van der Waals surface area contributed by atoms with E-state index >= 15 is 0 Å². The number of benzene rings is 1. The molecule has 0 radical (unpaired) electrons. The van der Waals surface area contributed by atoms with Crippen molar-refractivity contribution in [2.75, 3.05) is 13.2 Å². The zero-order chi connectivity index (χ0) is 16.2. The van der Waals surface area contributed by atoms with Crippen molar-refractivity contribution in [2.24, 2.45) is 0 Å². The van der Waals surface area contributed by atoms with Gasteiger partial charge in [0.2, 0.25) is 0 Å². The van der Waals surface area contributed by atoms with Crippen LogP contribution in [0, 0.1) is 6.92 Å². The molecule has 3 heteroatoms. The second-order valence-corrected chi connectivity index (χ2v) is 7.60. The Bertz CT molecular complexity index is 473. The number of aliphatic hydroxyl groups excluding tert-OH is 1. The Hall–Kier alpha value is -1.06. The Morgan fingerprint density at radius 1 is 1.27 bits per heavy atom. The summed E-state index contributed by atoms with van der Waals surface area (Å²) in [5.74, 6) is 0.887. The molecule has 0 aromatic heterocycles. The number of nitrogens with one attached hydrogen (secondary N) is 1. The number of ether oxygens (including phenoxy) is 1. The van der Waals surface area contributed by atoms with E-state index in [2.05, 4.69) is 45.1 Å². The fourth-order valence-corrected chi connectivity index (χ4v) is 3.03. The van der Waals surface area contributed by atoms with Crippen molar-refractivity contribution >= 4 is 0 Å².